The highest BCUT2D eigenvalue weighted by Crippen LogP contribution is 1.91. The third kappa shape index (κ3) is 23.2. The van der Waals surface area contributed by atoms with Crippen molar-refractivity contribution in [2.45, 2.75) is 19.8 Å². The van der Waals surface area contributed by atoms with Crippen LogP contribution in [0.15, 0.2) is 0 Å². The van der Waals surface area contributed by atoms with Gasteiger partial charge in [0.25, 0.3) is 0 Å². The molecule has 0 heterocycles. The molecular weight excluding hydrogens is 360 g/mol. The molecule has 0 unspecified atom stereocenters. The summed E-state index contributed by atoms with van der Waals surface area (Å²) in [5.41, 5.74) is 0. The van der Waals surface area contributed by atoms with Crippen molar-refractivity contribution in [2.24, 2.45) is 0 Å². The number of hydrogen-bond donors (Lipinski definition) is 1. The Hall–Kier alpha value is -0.810. The van der Waals surface area contributed by atoms with Gasteiger partial charge in [-0.3, -0.25) is 4.79 Å². The van der Waals surface area contributed by atoms with Crippen LogP contribution in [0.3, 0.4) is 0 Å². The van der Waals surface area contributed by atoms with Crippen molar-refractivity contribution >= 4 is 5.97 Å². The summed E-state index contributed by atoms with van der Waals surface area (Å²) in [6.45, 7) is 7.86. The molecule has 0 aromatic carbocycles. The van der Waals surface area contributed by atoms with Crippen LogP contribution in [0.5, 0.6) is 0 Å². The molecule has 0 radical (unpaired) electrons. The van der Waals surface area contributed by atoms with E-state index in [0.717, 1.165) is 6.42 Å². The van der Waals surface area contributed by atoms with Crippen molar-refractivity contribution in [3.8, 4) is 0 Å². The summed E-state index contributed by atoms with van der Waals surface area (Å²) in [4.78, 5) is 11.1. The van der Waals surface area contributed by atoms with Crippen molar-refractivity contribution in [3.63, 3.8) is 0 Å². The Bertz CT molecular complexity index is 303. The largest absolute Gasteiger partial charge is 0.463 e. The predicted molar refractivity (Wildman–Crippen MR) is 97.9 cm³/mol. The highest BCUT2D eigenvalue weighted by molar-refractivity contribution is 5.69. The second-order valence-corrected chi connectivity index (χ2v) is 5.37. The normalized spacial score (nSPS) is 11.0. The SMILES string of the molecule is CCCC(=O)OCCOCCOCCOCCOCCOCCOCCO. The van der Waals surface area contributed by atoms with Crippen LogP contribution < -0.4 is 0 Å². The standard InChI is InChI=1S/C18H36O9/c1-2-3-18(20)27-17-16-26-15-14-25-13-12-24-11-10-23-9-8-22-7-6-21-5-4-19/h19H,2-17H2,1H3. The quantitative estimate of drug-likeness (QED) is 0.206. The minimum atomic E-state index is -0.185. The van der Waals surface area contributed by atoms with Crippen LogP contribution in [0.2, 0.25) is 0 Å². The van der Waals surface area contributed by atoms with Crippen molar-refractivity contribution in [1.29, 1.82) is 0 Å². The van der Waals surface area contributed by atoms with Crippen LogP contribution in [-0.4, -0.2) is 104 Å². The zero-order chi connectivity index (χ0) is 19.8. The van der Waals surface area contributed by atoms with Gasteiger partial charge in [-0.25, -0.2) is 0 Å². The van der Waals surface area contributed by atoms with E-state index < -0.39 is 0 Å². The number of aliphatic hydroxyl groups excluding tert-OH is 1. The topological polar surface area (TPSA) is 102 Å². The van der Waals surface area contributed by atoms with E-state index in [2.05, 4.69) is 0 Å². The third-order valence-corrected chi connectivity index (χ3v) is 3.04. The van der Waals surface area contributed by atoms with Gasteiger partial charge in [-0.2, -0.15) is 0 Å². The van der Waals surface area contributed by atoms with Gasteiger partial charge in [0.15, 0.2) is 0 Å². The van der Waals surface area contributed by atoms with Gasteiger partial charge in [-0.1, -0.05) is 6.92 Å². The van der Waals surface area contributed by atoms with E-state index >= 15 is 0 Å². The van der Waals surface area contributed by atoms with E-state index in [0.29, 0.717) is 85.7 Å². The summed E-state index contributed by atoms with van der Waals surface area (Å²) < 4.78 is 36.6. The van der Waals surface area contributed by atoms with E-state index in [1.807, 2.05) is 6.92 Å². The minimum absolute atomic E-state index is 0.0275. The zero-order valence-electron chi connectivity index (χ0n) is 16.5. The Kier molecular flexibility index (Phi) is 22.5. The van der Waals surface area contributed by atoms with Gasteiger partial charge >= 0.3 is 5.97 Å². The molecule has 27 heavy (non-hydrogen) atoms. The molecule has 9 heteroatoms. The fraction of sp³-hybridized carbons (Fsp3) is 0.944. The molecule has 0 spiro atoms. The highest BCUT2D eigenvalue weighted by Gasteiger charge is 1.99. The summed E-state index contributed by atoms with van der Waals surface area (Å²) in [6.07, 6.45) is 1.24. The van der Waals surface area contributed by atoms with Gasteiger partial charge in [0.1, 0.15) is 6.61 Å². The molecule has 0 saturated heterocycles. The third-order valence-electron chi connectivity index (χ3n) is 3.04. The number of carbonyl (C=O) groups excluding carboxylic acids is 1. The van der Waals surface area contributed by atoms with Crippen molar-refractivity contribution in [1.82, 2.24) is 0 Å². The number of carbonyl (C=O) groups is 1. The second kappa shape index (κ2) is 23.2. The Balaban J connectivity index is 3.02. The molecule has 0 aliphatic carbocycles. The zero-order valence-corrected chi connectivity index (χ0v) is 16.5. The van der Waals surface area contributed by atoms with Crippen LogP contribution in [0.1, 0.15) is 19.8 Å². The number of hydrogen-bond acceptors (Lipinski definition) is 9. The first-order valence-electron chi connectivity index (χ1n) is 9.54. The maximum atomic E-state index is 11.1. The Morgan fingerprint density at radius 1 is 0.593 bits per heavy atom. The van der Waals surface area contributed by atoms with Crippen LogP contribution >= 0.6 is 0 Å². The average Bonchev–Trinajstić information content (AvgIpc) is 2.66. The fourth-order valence-corrected chi connectivity index (χ4v) is 1.76. The van der Waals surface area contributed by atoms with Crippen LogP contribution in [0, 0.1) is 0 Å². The van der Waals surface area contributed by atoms with Gasteiger partial charge in [0.2, 0.25) is 0 Å². The summed E-state index contributed by atoms with van der Waals surface area (Å²) in [5.74, 6) is -0.185. The smallest absolute Gasteiger partial charge is 0.305 e. The Labute approximate surface area is 162 Å². The second-order valence-electron chi connectivity index (χ2n) is 5.37. The maximum absolute atomic E-state index is 11.1. The predicted octanol–water partition coefficient (Wildman–Crippen LogP) is 0.422. The number of ether oxygens (including phenoxy) is 7. The molecule has 162 valence electrons. The molecule has 0 aliphatic rings. The van der Waals surface area contributed by atoms with Crippen LogP contribution in [-0.2, 0) is 38.0 Å². The van der Waals surface area contributed by atoms with Gasteiger partial charge in [0, 0.05) is 6.42 Å². The molecule has 0 fully saturated rings. The lowest BCUT2D eigenvalue weighted by Crippen LogP contribution is -2.15. The Morgan fingerprint density at radius 3 is 1.26 bits per heavy atom. The highest BCUT2D eigenvalue weighted by atomic mass is 16.6. The molecule has 0 aromatic heterocycles. The van der Waals surface area contributed by atoms with Crippen molar-refractivity contribution in [3.05, 3.63) is 0 Å². The molecule has 0 rings (SSSR count). The average molecular weight is 396 g/mol. The van der Waals surface area contributed by atoms with Gasteiger partial charge < -0.3 is 38.3 Å². The molecule has 0 aromatic rings. The molecule has 0 atom stereocenters. The number of aliphatic hydroxyl groups is 1. The molecular formula is C18H36O9. The molecule has 0 saturated carbocycles. The summed E-state index contributed by atoms with van der Waals surface area (Å²) in [6, 6.07) is 0. The first kappa shape index (κ1) is 26.2. The molecule has 0 aliphatic heterocycles. The van der Waals surface area contributed by atoms with E-state index in [-0.39, 0.29) is 19.2 Å². The fourth-order valence-electron chi connectivity index (χ4n) is 1.76. The van der Waals surface area contributed by atoms with Gasteiger partial charge in [-0.15, -0.1) is 0 Å². The van der Waals surface area contributed by atoms with Crippen molar-refractivity contribution < 1.29 is 43.1 Å². The summed E-state index contributed by atoms with van der Waals surface area (Å²) in [7, 11) is 0. The van der Waals surface area contributed by atoms with E-state index in [4.69, 9.17) is 38.3 Å². The first-order valence-corrected chi connectivity index (χ1v) is 9.54. The minimum Gasteiger partial charge on any atom is -0.463 e. The molecule has 9 nitrogen and oxygen atoms in total. The lowest BCUT2D eigenvalue weighted by atomic mass is 10.3. The lowest BCUT2D eigenvalue weighted by molar-refractivity contribution is -0.145. The van der Waals surface area contributed by atoms with E-state index in [9.17, 15) is 4.79 Å². The van der Waals surface area contributed by atoms with Gasteiger partial charge in [-0.05, 0) is 6.42 Å². The Morgan fingerprint density at radius 2 is 0.926 bits per heavy atom. The maximum Gasteiger partial charge on any atom is 0.305 e. The van der Waals surface area contributed by atoms with E-state index in [1.54, 1.807) is 0 Å². The number of esters is 1. The molecule has 0 bridgehead atoms. The summed E-state index contributed by atoms with van der Waals surface area (Å²) in [5, 5.41) is 8.51. The van der Waals surface area contributed by atoms with Crippen LogP contribution in [0.25, 0.3) is 0 Å². The summed E-state index contributed by atoms with van der Waals surface area (Å²) >= 11 is 0. The van der Waals surface area contributed by atoms with Crippen LogP contribution in [0.4, 0.5) is 0 Å². The molecule has 0 amide bonds. The lowest BCUT2D eigenvalue weighted by Gasteiger charge is -2.08. The molecule has 1 N–H and O–H groups in total. The number of rotatable bonds is 22. The van der Waals surface area contributed by atoms with E-state index in [1.165, 1.54) is 0 Å². The van der Waals surface area contributed by atoms with Crippen molar-refractivity contribution in [2.75, 3.05) is 92.5 Å². The first-order chi connectivity index (χ1) is 13.3. The van der Waals surface area contributed by atoms with Gasteiger partial charge in [0.05, 0.1) is 85.9 Å². The monoisotopic (exact) mass is 396 g/mol.